The first-order valence-corrected chi connectivity index (χ1v) is 5.52. The van der Waals surface area contributed by atoms with E-state index in [0.29, 0.717) is 12.1 Å². The van der Waals surface area contributed by atoms with Gasteiger partial charge in [0.1, 0.15) is 5.82 Å². The molecular formula is C12H15FN2. The van der Waals surface area contributed by atoms with Crippen LogP contribution in [0.2, 0.25) is 0 Å². The van der Waals surface area contributed by atoms with Crippen molar-refractivity contribution >= 4 is 0 Å². The summed E-state index contributed by atoms with van der Waals surface area (Å²) in [5.41, 5.74) is 7.87. The Morgan fingerprint density at radius 3 is 2.87 bits per heavy atom. The summed E-state index contributed by atoms with van der Waals surface area (Å²) in [6.07, 6.45) is 1.92. The molecule has 2 nitrogen and oxygen atoms in total. The lowest BCUT2D eigenvalue weighted by molar-refractivity contribution is 0.0942. The highest BCUT2D eigenvalue weighted by molar-refractivity contribution is 5.36. The Hall–Kier alpha value is -0.930. The molecule has 3 rings (SSSR count). The molecule has 2 N–H and O–H groups in total. The summed E-state index contributed by atoms with van der Waals surface area (Å²) < 4.78 is 13.5. The molecule has 15 heavy (non-hydrogen) atoms. The molecule has 1 saturated heterocycles. The number of benzene rings is 1. The molecule has 0 saturated carbocycles. The molecule has 1 aromatic carbocycles. The molecular weight excluding hydrogens is 191 g/mol. The second kappa shape index (κ2) is 3.29. The molecule has 1 heterocycles. The van der Waals surface area contributed by atoms with Gasteiger partial charge in [-0.1, -0.05) is 12.1 Å². The van der Waals surface area contributed by atoms with Crippen molar-refractivity contribution in [1.29, 1.82) is 0 Å². The van der Waals surface area contributed by atoms with Crippen LogP contribution in [-0.2, 0) is 6.42 Å². The number of halogens is 1. The predicted molar refractivity (Wildman–Crippen MR) is 57.0 cm³/mol. The second-order valence-corrected chi connectivity index (χ2v) is 4.58. The van der Waals surface area contributed by atoms with Gasteiger partial charge >= 0.3 is 0 Å². The Bertz CT molecular complexity index is 385. The molecule has 3 heteroatoms. The van der Waals surface area contributed by atoms with E-state index >= 15 is 0 Å². The van der Waals surface area contributed by atoms with E-state index in [-0.39, 0.29) is 5.82 Å². The molecule has 1 unspecified atom stereocenters. The Labute approximate surface area is 88.9 Å². The number of fused-ring (bicyclic) bond motifs is 1. The van der Waals surface area contributed by atoms with Crippen LogP contribution in [0.4, 0.5) is 4.39 Å². The molecule has 1 aliphatic carbocycles. The Kier molecular flexibility index (Phi) is 2.04. The minimum Gasteiger partial charge on any atom is -0.325 e. The molecule has 0 amide bonds. The highest BCUT2D eigenvalue weighted by atomic mass is 19.1. The lowest BCUT2D eigenvalue weighted by Crippen LogP contribution is -2.56. The van der Waals surface area contributed by atoms with Crippen LogP contribution in [0.15, 0.2) is 18.2 Å². The van der Waals surface area contributed by atoms with Gasteiger partial charge in [-0.3, -0.25) is 4.90 Å². The summed E-state index contributed by atoms with van der Waals surface area (Å²) >= 11 is 0. The Balaban J connectivity index is 1.89. The molecule has 1 atom stereocenters. The molecule has 0 bridgehead atoms. The number of nitrogens with two attached hydrogens (primary N) is 1. The zero-order valence-electron chi connectivity index (χ0n) is 8.62. The molecule has 0 radical (unpaired) electrons. The monoisotopic (exact) mass is 206 g/mol. The van der Waals surface area contributed by atoms with Crippen molar-refractivity contribution < 1.29 is 4.39 Å². The fourth-order valence-electron chi connectivity index (χ4n) is 2.77. The molecule has 1 aliphatic heterocycles. The van der Waals surface area contributed by atoms with E-state index in [9.17, 15) is 4.39 Å². The van der Waals surface area contributed by atoms with Crippen molar-refractivity contribution in [3.63, 3.8) is 0 Å². The van der Waals surface area contributed by atoms with Gasteiger partial charge in [-0.25, -0.2) is 4.39 Å². The van der Waals surface area contributed by atoms with Crippen LogP contribution in [-0.4, -0.2) is 24.0 Å². The molecule has 80 valence electrons. The van der Waals surface area contributed by atoms with E-state index in [2.05, 4.69) is 11.0 Å². The maximum Gasteiger partial charge on any atom is 0.126 e. The summed E-state index contributed by atoms with van der Waals surface area (Å²) in [6.45, 7) is 1.92. The van der Waals surface area contributed by atoms with Gasteiger partial charge in [-0.15, -0.1) is 0 Å². The largest absolute Gasteiger partial charge is 0.325 e. The van der Waals surface area contributed by atoms with Crippen molar-refractivity contribution in [1.82, 2.24) is 4.90 Å². The zero-order chi connectivity index (χ0) is 10.4. The van der Waals surface area contributed by atoms with Gasteiger partial charge in [-0.2, -0.15) is 0 Å². The number of hydrogen-bond donors (Lipinski definition) is 1. The SMILES string of the molecule is NC1CN(C2CCc3c(F)cccc32)C1. The first-order chi connectivity index (χ1) is 7.25. The highest BCUT2D eigenvalue weighted by Gasteiger charge is 2.35. The minimum absolute atomic E-state index is 0.0418. The molecule has 1 aromatic rings. The second-order valence-electron chi connectivity index (χ2n) is 4.58. The third kappa shape index (κ3) is 1.38. The number of rotatable bonds is 1. The summed E-state index contributed by atoms with van der Waals surface area (Å²) in [7, 11) is 0. The predicted octanol–water partition coefficient (Wildman–Crippen LogP) is 1.46. The maximum atomic E-state index is 13.5. The standard InChI is InChI=1S/C12H15FN2/c13-11-3-1-2-10-9(11)4-5-12(10)15-6-8(14)7-15/h1-3,8,12H,4-7,14H2. The van der Waals surface area contributed by atoms with Crippen LogP contribution in [0, 0.1) is 5.82 Å². The van der Waals surface area contributed by atoms with Gasteiger partial charge in [-0.05, 0) is 30.0 Å². The van der Waals surface area contributed by atoms with Gasteiger partial charge in [0.05, 0.1) is 0 Å². The average Bonchev–Trinajstić information content (AvgIpc) is 2.58. The fraction of sp³-hybridized carbons (Fsp3) is 0.500. The molecule has 0 spiro atoms. The van der Waals surface area contributed by atoms with Crippen LogP contribution >= 0.6 is 0 Å². The highest BCUT2D eigenvalue weighted by Crippen LogP contribution is 2.38. The van der Waals surface area contributed by atoms with Crippen molar-refractivity contribution in [3.05, 3.63) is 35.1 Å². The Morgan fingerprint density at radius 1 is 1.33 bits per heavy atom. The van der Waals surface area contributed by atoms with Crippen molar-refractivity contribution in [3.8, 4) is 0 Å². The van der Waals surface area contributed by atoms with E-state index in [1.807, 2.05) is 6.07 Å². The molecule has 2 aliphatic rings. The topological polar surface area (TPSA) is 29.3 Å². The van der Waals surface area contributed by atoms with Crippen LogP contribution in [0.3, 0.4) is 0 Å². The van der Waals surface area contributed by atoms with Crippen LogP contribution in [0.1, 0.15) is 23.6 Å². The Morgan fingerprint density at radius 2 is 2.13 bits per heavy atom. The quantitative estimate of drug-likeness (QED) is 0.753. The van der Waals surface area contributed by atoms with Gasteiger partial charge in [0.15, 0.2) is 0 Å². The molecule has 1 fully saturated rings. The van der Waals surface area contributed by atoms with E-state index in [1.165, 1.54) is 5.56 Å². The third-order valence-corrected chi connectivity index (χ3v) is 3.56. The first-order valence-electron chi connectivity index (χ1n) is 5.52. The van der Waals surface area contributed by atoms with Crippen LogP contribution < -0.4 is 5.73 Å². The first kappa shape index (κ1) is 9.31. The van der Waals surface area contributed by atoms with Gasteiger partial charge < -0.3 is 5.73 Å². The zero-order valence-corrected chi connectivity index (χ0v) is 8.62. The van der Waals surface area contributed by atoms with E-state index in [1.54, 1.807) is 6.07 Å². The number of likely N-dealkylation sites (tertiary alicyclic amines) is 1. The fourth-order valence-corrected chi connectivity index (χ4v) is 2.77. The van der Waals surface area contributed by atoms with Crippen LogP contribution in [0.25, 0.3) is 0 Å². The maximum absolute atomic E-state index is 13.5. The van der Waals surface area contributed by atoms with Crippen molar-refractivity contribution in [2.45, 2.75) is 24.9 Å². The summed E-state index contributed by atoms with van der Waals surface area (Å²) in [4.78, 5) is 2.36. The van der Waals surface area contributed by atoms with E-state index < -0.39 is 0 Å². The normalized spacial score (nSPS) is 26.4. The molecule has 0 aromatic heterocycles. The summed E-state index contributed by atoms with van der Waals surface area (Å²) in [6, 6.07) is 6.16. The van der Waals surface area contributed by atoms with Crippen molar-refractivity contribution in [2.24, 2.45) is 5.73 Å². The summed E-state index contributed by atoms with van der Waals surface area (Å²) in [5, 5.41) is 0. The lowest BCUT2D eigenvalue weighted by Gasteiger charge is -2.41. The van der Waals surface area contributed by atoms with Gasteiger partial charge in [0.2, 0.25) is 0 Å². The number of nitrogens with zero attached hydrogens (tertiary/aromatic N) is 1. The average molecular weight is 206 g/mol. The lowest BCUT2D eigenvalue weighted by atomic mass is 10.0. The smallest absolute Gasteiger partial charge is 0.126 e. The summed E-state index contributed by atoms with van der Waals surface area (Å²) in [5.74, 6) is -0.0418. The van der Waals surface area contributed by atoms with Gasteiger partial charge in [0.25, 0.3) is 0 Å². The van der Waals surface area contributed by atoms with E-state index in [0.717, 1.165) is 31.5 Å². The van der Waals surface area contributed by atoms with Gasteiger partial charge in [0, 0.05) is 25.2 Å². The van der Waals surface area contributed by atoms with E-state index in [4.69, 9.17) is 5.73 Å². The minimum atomic E-state index is -0.0418. The number of hydrogen-bond acceptors (Lipinski definition) is 2. The third-order valence-electron chi connectivity index (χ3n) is 3.56. The van der Waals surface area contributed by atoms with Crippen LogP contribution in [0.5, 0.6) is 0 Å². The van der Waals surface area contributed by atoms with Crippen molar-refractivity contribution in [2.75, 3.05) is 13.1 Å².